The van der Waals surface area contributed by atoms with Gasteiger partial charge < -0.3 is 14.8 Å². The Morgan fingerprint density at radius 1 is 1.12 bits per heavy atom. The van der Waals surface area contributed by atoms with Crippen LogP contribution in [0.5, 0.6) is 11.5 Å². The van der Waals surface area contributed by atoms with Crippen molar-refractivity contribution in [2.24, 2.45) is 0 Å². The molecule has 2 aromatic carbocycles. The average Bonchev–Trinajstić information content (AvgIpc) is 2.63. The number of nitrogens with one attached hydrogen (secondary N) is 1. The zero-order valence-electron chi connectivity index (χ0n) is 14.1. The Bertz CT molecular complexity index is 663. The van der Waals surface area contributed by atoms with E-state index in [2.05, 4.69) is 40.3 Å². The van der Waals surface area contributed by atoms with E-state index in [-0.39, 0.29) is 11.8 Å². The SMILES string of the molecule is CCC(CNC(=O)c1cc(OC)c(Br)c(OC)c1)c1ccccc1. The van der Waals surface area contributed by atoms with Gasteiger partial charge in [0.1, 0.15) is 16.0 Å². The monoisotopic (exact) mass is 391 g/mol. The second-order valence-corrected chi connectivity index (χ2v) is 6.21. The molecule has 0 aliphatic heterocycles. The van der Waals surface area contributed by atoms with Crippen LogP contribution in [0.2, 0.25) is 0 Å². The lowest BCUT2D eigenvalue weighted by molar-refractivity contribution is 0.0950. The molecule has 1 N–H and O–H groups in total. The number of ether oxygens (including phenoxy) is 2. The van der Waals surface area contributed by atoms with Crippen molar-refractivity contribution in [3.05, 3.63) is 58.1 Å². The van der Waals surface area contributed by atoms with Crippen molar-refractivity contribution >= 4 is 21.8 Å². The highest BCUT2D eigenvalue weighted by atomic mass is 79.9. The second-order valence-electron chi connectivity index (χ2n) is 5.42. The zero-order valence-corrected chi connectivity index (χ0v) is 15.7. The predicted molar refractivity (Wildman–Crippen MR) is 99.1 cm³/mol. The van der Waals surface area contributed by atoms with E-state index in [1.165, 1.54) is 5.56 Å². The van der Waals surface area contributed by atoms with Crippen molar-refractivity contribution in [2.75, 3.05) is 20.8 Å². The number of benzene rings is 2. The van der Waals surface area contributed by atoms with Crippen LogP contribution in [0.1, 0.15) is 35.2 Å². The Hall–Kier alpha value is -2.01. The molecule has 0 bridgehead atoms. The Morgan fingerprint density at radius 3 is 2.21 bits per heavy atom. The molecular weight excluding hydrogens is 370 g/mol. The van der Waals surface area contributed by atoms with Gasteiger partial charge in [-0.05, 0) is 40.0 Å². The molecule has 0 heterocycles. The number of amides is 1. The summed E-state index contributed by atoms with van der Waals surface area (Å²) in [6.45, 7) is 2.70. The summed E-state index contributed by atoms with van der Waals surface area (Å²) in [5.74, 6) is 1.27. The zero-order chi connectivity index (χ0) is 17.5. The molecule has 2 aromatic rings. The van der Waals surface area contributed by atoms with Crippen LogP contribution >= 0.6 is 15.9 Å². The quantitative estimate of drug-likeness (QED) is 0.760. The van der Waals surface area contributed by atoms with Crippen molar-refractivity contribution in [2.45, 2.75) is 19.3 Å². The maximum absolute atomic E-state index is 12.5. The fourth-order valence-electron chi connectivity index (χ4n) is 2.54. The first kappa shape index (κ1) is 18.3. The molecule has 0 radical (unpaired) electrons. The van der Waals surface area contributed by atoms with Crippen LogP contribution in [0.15, 0.2) is 46.9 Å². The summed E-state index contributed by atoms with van der Waals surface area (Å²) in [6.07, 6.45) is 0.956. The van der Waals surface area contributed by atoms with Gasteiger partial charge in [0.25, 0.3) is 5.91 Å². The molecule has 4 nitrogen and oxygen atoms in total. The van der Waals surface area contributed by atoms with Crippen molar-refractivity contribution in [3.8, 4) is 11.5 Å². The molecule has 128 valence electrons. The Kier molecular flexibility index (Phi) is 6.67. The summed E-state index contributed by atoms with van der Waals surface area (Å²) in [7, 11) is 3.12. The molecule has 0 spiro atoms. The third-order valence-corrected chi connectivity index (χ3v) is 4.76. The van der Waals surface area contributed by atoms with Gasteiger partial charge in [-0.15, -0.1) is 0 Å². The van der Waals surface area contributed by atoms with E-state index in [9.17, 15) is 4.79 Å². The summed E-state index contributed by atoms with van der Waals surface area (Å²) in [5, 5.41) is 3.01. The van der Waals surface area contributed by atoms with Crippen LogP contribution in [0.25, 0.3) is 0 Å². The Labute approximate surface area is 151 Å². The van der Waals surface area contributed by atoms with Gasteiger partial charge in [-0.2, -0.15) is 0 Å². The molecule has 5 heteroatoms. The fourth-order valence-corrected chi connectivity index (χ4v) is 3.09. The maximum atomic E-state index is 12.5. The first-order valence-electron chi connectivity index (χ1n) is 7.85. The van der Waals surface area contributed by atoms with Crippen molar-refractivity contribution in [3.63, 3.8) is 0 Å². The van der Waals surface area contributed by atoms with Crippen molar-refractivity contribution < 1.29 is 14.3 Å². The molecule has 0 aromatic heterocycles. The molecule has 2 rings (SSSR count). The molecule has 0 saturated heterocycles. The third-order valence-electron chi connectivity index (χ3n) is 3.98. The summed E-state index contributed by atoms with van der Waals surface area (Å²) >= 11 is 3.41. The summed E-state index contributed by atoms with van der Waals surface area (Å²) in [6, 6.07) is 13.6. The van der Waals surface area contributed by atoms with Gasteiger partial charge in [-0.1, -0.05) is 37.3 Å². The highest BCUT2D eigenvalue weighted by Gasteiger charge is 2.16. The number of carbonyl (C=O) groups excluding carboxylic acids is 1. The first-order chi connectivity index (χ1) is 11.6. The van der Waals surface area contributed by atoms with Gasteiger partial charge in [-0.3, -0.25) is 4.79 Å². The van der Waals surface area contributed by atoms with E-state index in [0.29, 0.717) is 28.1 Å². The van der Waals surface area contributed by atoms with Crippen molar-refractivity contribution in [1.29, 1.82) is 0 Å². The van der Waals surface area contributed by atoms with Crippen LogP contribution in [-0.2, 0) is 0 Å². The Balaban J connectivity index is 2.12. The lowest BCUT2D eigenvalue weighted by Crippen LogP contribution is -2.28. The number of hydrogen-bond acceptors (Lipinski definition) is 3. The van der Waals surface area contributed by atoms with Gasteiger partial charge >= 0.3 is 0 Å². The van der Waals surface area contributed by atoms with Crippen LogP contribution in [0, 0.1) is 0 Å². The first-order valence-corrected chi connectivity index (χ1v) is 8.64. The summed E-state index contributed by atoms with van der Waals surface area (Å²) in [5.41, 5.74) is 1.74. The van der Waals surface area contributed by atoms with Crippen LogP contribution in [0.3, 0.4) is 0 Å². The van der Waals surface area contributed by atoms with E-state index in [4.69, 9.17) is 9.47 Å². The van der Waals surface area contributed by atoms with Crippen LogP contribution < -0.4 is 14.8 Å². The number of carbonyl (C=O) groups is 1. The largest absolute Gasteiger partial charge is 0.495 e. The second kappa shape index (κ2) is 8.73. The number of rotatable bonds is 7. The lowest BCUT2D eigenvalue weighted by atomic mass is 9.96. The lowest BCUT2D eigenvalue weighted by Gasteiger charge is -2.17. The summed E-state index contributed by atoms with van der Waals surface area (Å²) in [4.78, 5) is 12.5. The minimum absolute atomic E-state index is 0.145. The molecule has 0 fully saturated rings. The highest BCUT2D eigenvalue weighted by molar-refractivity contribution is 9.10. The molecular formula is C19H22BrNO3. The minimum atomic E-state index is -0.145. The summed E-state index contributed by atoms with van der Waals surface area (Å²) < 4.78 is 11.3. The third kappa shape index (κ3) is 4.29. The van der Waals surface area contributed by atoms with Gasteiger partial charge in [-0.25, -0.2) is 0 Å². The molecule has 1 amide bonds. The van der Waals surface area contributed by atoms with E-state index in [1.54, 1.807) is 26.4 Å². The Morgan fingerprint density at radius 2 is 1.71 bits per heavy atom. The molecule has 0 aliphatic carbocycles. The predicted octanol–water partition coefficient (Wildman–Crippen LogP) is 4.39. The van der Waals surface area contributed by atoms with Gasteiger partial charge in [0, 0.05) is 18.0 Å². The molecule has 0 saturated carbocycles. The number of halogens is 1. The van der Waals surface area contributed by atoms with Crippen molar-refractivity contribution in [1.82, 2.24) is 5.32 Å². The standard InChI is InChI=1S/C19H22BrNO3/c1-4-13(14-8-6-5-7-9-14)12-21-19(22)15-10-16(23-2)18(20)17(11-15)24-3/h5-11,13H,4,12H2,1-3H3,(H,21,22). The average molecular weight is 392 g/mol. The smallest absolute Gasteiger partial charge is 0.251 e. The van der Waals surface area contributed by atoms with E-state index < -0.39 is 0 Å². The number of hydrogen-bond donors (Lipinski definition) is 1. The number of methoxy groups -OCH3 is 2. The highest BCUT2D eigenvalue weighted by Crippen LogP contribution is 2.35. The molecule has 24 heavy (non-hydrogen) atoms. The van der Waals surface area contributed by atoms with E-state index in [1.807, 2.05) is 18.2 Å². The molecule has 1 atom stereocenters. The fraction of sp³-hybridized carbons (Fsp3) is 0.316. The van der Waals surface area contributed by atoms with E-state index in [0.717, 1.165) is 6.42 Å². The topological polar surface area (TPSA) is 47.6 Å². The maximum Gasteiger partial charge on any atom is 0.251 e. The van der Waals surface area contributed by atoms with Gasteiger partial charge in [0.05, 0.1) is 14.2 Å². The van der Waals surface area contributed by atoms with Gasteiger partial charge in [0.2, 0.25) is 0 Å². The molecule has 0 aliphatic rings. The van der Waals surface area contributed by atoms with Crippen LogP contribution in [0.4, 0.5) is 0 Å². The van der Waals surface area contributed by atoms with Crippen LogP contribution in [-0.4, -0.2) is 26.7 Å². The normalized spacial score (nSPS) is 11.7. The van der Waals surface area contributed by atoms with Gasteiger partial charge in [0.15, 0.2) is 0 Å². The molecule has 1 unspecified atom stereocenters. The van der Waals surface area contributed by atoms with E-state index >= 15 is 0 Å². The minimum Gasteiger partial charge on any atom is -0.495 e.